The van der Waals surface area contributed by atoms with Crippen LogP contribution in [0.25, 0.3) is 0 Å². The molecule has 1 aliphatic heterocycles. The lowest BCUT2D eigenvalue weighted by Gasteiger charge is -2.40. The van der Waals surface area contributed by atoms with Gasteiger partial charge in [-0.1, -0.05) is 12.8 Å². The third-order valence-electron chi connectivity index (χ3n) is 4.92. The molecule has 1 saturated carbocycles. The van der Waals surface area contributed by atoms with Gasteiger partial charge in [0.05, 0.1) is 6.54 Å². The minimum Gasteiger partial charge on any atom is -0.396 e. The Hall–Kier alpha value is -0.650. The van der Waals surface area contributed by atoms with Gasteiger partial charge in [-0.2, -0.15) is 0 Å². The molecule has 2 rings (SSSR count). The lowest BCUT2D eigenvalue weighted by Crippen LogP contribution is -2.55. The Balaban J connectivity index is 1.82. The summed E-state index contributed by atoms with van der Waals surface area (Å²) in [7, 11) is 4.15. The molecule has 0 aromatic rings. The highest BCUT2D eigenvalue weighted by atomic mass is 16.3. The molecule has 20 heavy (non-hydrogen) atoms. The molecule has 2 aliphatic rings. The van der Waals surface area contributed by atoms with E-state index in [0.29, 0.717) is 18.6 Å². The summed E-state index contributed by atoms with van der Waals surface area (Å²) in [5.41, 5.74) is 0. The summed E-state index contributed by atoms with van der Waals surface area (Å²) < 4.78 is 0. The number of carbonyl (C=O) groups is 1. The van der Waals surface area contributed by atoms with Crippen molar-refractivity contribution >= 4 is 5.91 Å². The van der Waals surface area contributed by atoms with Crippen molar-refractivity contribution < 1.29 is 9.90 Å². The predicted octanol–water partition coefficient (Wildman–Crippen LogP) is 0.386. The second-order valence-corrected chi connectivity index (χ2v) is 6.34. The summed E-state index contributed by atoms with van der Waals surface area (Å²) >= 11 is 0. The molecule has 0 radical (unpaired) electrons. The van der Waals surface area contributed by atoms with Crippen LogP contribution in [-0.2, 0) is 4.79 Å². The van der Waals surface area contributed by atoms with Gasteiger partial charge in [0.2, 0.25) is 5.91 Å². The molecule has 1 saturated heterocycles. The number of carbonyl (C=O) groups excluding carboxylic acids is 1. The van der Waals surface area contributed by atoms with Crippen molar-refractivity contribution in [3.05, 3.63) is 0 Å². The van der Waals surface area contributed by atoms with E-state index in [4.69, 9.17) is 5.11 Å². The van der Waals surface area contributed by atoms with Crippen molar-refractivity contribution in [3.8, 4) is 0 Å². The summed E-state index contributed by atoms with van der Waals surface area (Å²) in [6.07, 6.45) is 5.82. The standard InChI is InChI=1S/C15H29N3O2/c1-16-8-9-18(11-14(16)7-10-19)15(20)12-17(2)13-5-3-4-6-13/h13-14,19H,3-12H2,1-2H3/t14-/m1/s1. The maximum absolute atomic E-state index is 12.4. The average Bonchev–Trinajstić information content (AvgIpc) is 2.95. The van der Waals surface area contributed by atoms with Gasteiger partial charge in [-0.05, 0) is 33.4 Å². The van der Waals surface area contributed by atoms with Crippen LogP contribution in [0.4, 0.5) is 0 Å². The molecule has 0 spiro atoms. The lowest BCUT2D eigenvalue weighted by atomic mass is 10.1. The van der Waals surface area contributed by atoms with E-state index in [2.05, 4.69) is 23.9 Å². The van der Waals surface area contributed by atoms with Crippen LogP contribution >= 0.6 is 0 Å². The number of aliphatic hydroxyl groups is 1. The van der Waals surface area contributed by atoms with Crippen LogP contribution < -0.4 is 0 Å². The number of aliphatic hydroxyl groups excluding tert-OH is 1. The van der Waals surface area contributed by atoms with Gasteiger partial charge in [0.25, 0.3) is 0 Å². The summed E-state index contributed by atoms with van der Waals surface area (Å²) in [6, 6.07) is 0.897. The molecular weight excluding hydrogens is 254 g/mol. The van der Waals surface area contributed by atoms with E-state index >= 15 is 0 Å². The fourth-order valence-corrected chi connectivity index (χ4v) is 3.42. The Kier molecular flexibility index (Phi) is 5.81. The van der Waals surface area contributed by atoms with Crippen molar-refractivity contribution in [3.63, 3.8) is 0 Å². The van der Waals surface area contributed by atoms with Crippen LogP contribution in [-0.4, -0.2) is 84.7 Å². The van der Waals surface area contributed by atoms with E-state index < -0.39 is 0 Å². The van der Waals surface area contributed by atoms with Gasteiger partial charge >= 0.3 is 0 Å². The Labute approximate surface area is 122 Å². The van der Waals surface area contributed by atoms with Crippen LogP contribution in [0.1, 0.15) is 32.1 Å². The highest BCUT2D eigenvalue weighted by Crippen LogP contribution is 2.22. The van der Waals surface area contributed by atoms with E-state index in [1.54, 1.807) is 0 Å². The third-order valence-corrected chi connectivity index (χ3v) is 4.92. The monoisotopic (exact) mass is 283 g/mol. The molecule has 1 atom stereocenters. The smallest absolute Gasteiger partial charge is 0.236 e. The lowest BCUT2D eigenvalue weighted by molar-refractivity contribution is -0.135. The molecular formula is C15H29N3O2. The van der Waals surface area contributed by atoms with Crippen molar-refractivity contribution in [2.24, 2.45) is 0 Å². The number of hydrogen-bond acceptors (Lipinski definition) is 4. The van der Waals surface area contributed by atoms with Crippen molar-refractivity contribution in [2.75, 3.05) is 46.9 Å². The Morgan fingerprint density at radius 1 is 1.30 bits per heavy atom. The molecule has 2 fully saturated rings. The van der Waals surface area contributed by atoms with E-state index in [9.17, 15) is 4.79 Å². The van der Waals surface area contributed by atoms with Crippen molar-refractivity contribution in [2.45, 2.75) is 44.2 Å². The van der Waals surface area contributed by atoms with Gasteiger partial charge in [0.15, 0.2) is 0 Å². The van der Waals surface area contributed by atoms with Crippen LogP contribution in [0.15, 0.2) is 0 Å². The predicted molar refractivity (Wildman–Crippen MR) is 79.6 cm³/mol. The fraction of sp³-hybridized carbons (Fsp3) is 0.933. The molecule has 0 aromatic carbocycles. The second-order valence-electron chi connectivity index (χ2n) is 6.34. The van der Waals surface area contributed by atoms with E-state index in [0.717, 1.165) is 26.1 Å². The molecule has 5 nitrogen and oxygen atoms in total. The highest BCUT2D eigenvalue weighted by Gasteiger charge is 2.28. The molecule has 1 amide bonds. The average molecular weight is 283 g/mol. The number of likely N-dealkylation sites (N-methyl/N-ethyl adjacent to an activating group) is 2. The number of piperazine rings is 1. The molecule has 1 aliphatic carbocycles. The minimum absolute atomic E-state index is 0.193. The SMILES string of the molecule is CN(CC(=O)N1CCN(C)[C@H](CCO)C1)C1CCCC1. The van der Waals surface area contributed by atoms with Gasteiger partial charge in [0.1, 0.15) is 0 Å². The normalized spacial score (nSPS) is 25.6. The zero-order valence-electron chi connectivity index (χ0n) is 12.9. The minimum atomic E-state index is 0.193. The van der Waals surface area contributed by atoms with Crippen LogP contribution in [0.5, 0.6) is 0 Å². The molecule has 116 valence electrons. The fourth-order valence-electron chi connectivity index (χ4n) is 3.42. The van der Waals surface area contributed by atoms with Crippen LogP contribution in [0.2, 0.25) is 0 Å². The van der Waals surface area contributed by atoms with Crippen molar-refractivity contribution in [1.82, 2.24) is 14.7 Å². The van der Waals surface area contributed by atoms with Crippen molar-refractivity contribution in [1.29, 1.82) is 0 Å². The first-order chi connectivity index (χ1) is 9.61. The van der Waals surface area contributed by atoms with Gasteiger partial charge in [-0.25, -0.2) is 0 Å². The number of amides is 1. The first-order valence-electron chi connectivity index (χ1n) is 7.91. The summed E-state index contributed by atoms with van der Waals surface area (Å²) in [5, 5.41) is 9.11. The first kappa shape index (κ1) is 15.7. The zero-order valence-corrected chi connectivity index (χ0v) is 12.9. The summed E-state index contributed by atoms with van der Waals surface area (Å²) in [6.45, 7) is 3.22. The number of hydrogen-bond donors (Lipinski definition) is 1. The largest absolute Gasteiger partial charge is 0.396 e. The van der Waals surface area contributed by atoms with Gasteiger partial charge in [-0.3, -0.25) is 14.6 Å². The summed E-state index contributed by atoms with van der Waals surface area (Å²) in [4.78, 5) is 18.9. The molecule has 0 bridgehead atoms. The number of nitrogens with zero attached hydrogens (tertiary/aromatic N) is 3. The third kappa shape index (κ3) is 3.93. The topological polar surface area (TPSA) is 47.0 Å². The van der Waals surface area contributed by atoms with Gasteiger partial charge in [-0.15, -0.1) is 0 Å². The Morgan fingerprint density at radius 2 is 2.00 bits per heavy atom. The molecule has 5 heteroatoms. The first-order valence-corrected chi connectivity index (χ1v) is 7.91. The van der Waals surface area contributed by atoms with E-state index in [1.165, 1.54) is 25.7 Å². The highest BCUT2D eigenvalue weighted by molar-refractivity contribution is 5.78. The molecule has 1 heterocycles. The second kappa shape index (κ2) is 7.38. The van der Waals surface area contributed by atoms with E-state index in [1.807, 2.05) is 4.90 Å². The Bertz CT molecular complexity index is 318. The summed E-state index contributed by atoms with van der Waals surface area (Å²) in [5.74, 6) is 0.246. The van der Waals surface area contributed by atoms with Gasteiger partial charge in [0, 0.05) is 38.3 Å². The maximum atomic E-state index is 12.4. The maximum Gasteiger partial charge on any atom is 0.236 e. The van der Waals surface area contributed by atoms with E-state index in [-0.39, 0.29) is 12.5 Å². The number of rotatable bonds is 5. The van der Waals surface area contributed by atoms with Crippen LogP contribution in [0.3, 0.4) is 0 Å². The van der Waals surface area contributed by atoms with Crippen LogP contribution in [0, 0.1) is 0 Å². The molecule has 0 aromatic heterocycles. The molecule has 0 unspecified atom stereocenters. The van der Waals surface area contributed by atoms with Gasteiger partial charge < -0.3 is 10.0 Å². The zero-order chi connectivity index (χ0) is 14.5. The Morgan fingerprint density at radius 3 is 2.65 bits per heavy atom. The molecule has 1 N–H and O–H groups in total. The quantitative estimate of drug-likeness (QED) is 0.793.